The molecule has 1 N–H and O–H groups in total. The van der Waals surface area contributed by atoms with E-state index in [4.69, 9.17) is 9.47 Å². The number of carbonyl (C=O) groups excluding carboxylic acids is 1. The van der Waals surface area contributed by atoms with Crippen LogP contribution < -0.4 is 14.9 Å². The van der Waals surface area contributed by atoms with Crippen LogP contribution in [0.1, 0.15) is 44.4 Å². The van der Waals surface area contributed by atoms with E-state index in [1.807, 2.05) is 31.2 Å². The van der Waals surface area contributed by atoms with Crippen molar-refractivity contribution in [2.75, 3.05) is 13.7 Å². The minimum absolute atomic E-state index is 0.0985. The molecule has 0 saturated carbocycles. The van der Waals surface area contributed by atoms with Crippen LogP contribution in [-0.4, -0.2) is 25.8 Å². The number of amides is 1. The Bertz CT molecular complexity index is 840. The molecule has 150 valence electrons. The summed E-state index contributed by atoms with van der Waals surface area (Å²) in [5.41, 5.74) is 5.70. The number of hydrogen-bond acceptors (Lipinski definition) is 4. The lowest BCUT2D eigenvalue weighted by Gasteiger charge is -2.19. The minimum atomic E-state index is -0.159. The predicted octanol–water partition coefficient (Wildman–Crippen LogP) is 4.69. The number of halogens is 1. The van der Waals surface area contributed by atoms with Crippen molar-refractivity contribution >= 4 is 34.7 Å². The van der Waals surface area contributed by atoms with Crippen molar-refractivity contribution in [2.45, 2.75) is 39.5 Å². The molecule has 5 nitrogen and oxygen atoms in total. The highest BCUT2D eigenvalue weighted by molar-refractivity contribution is 14.1. The van der Waals surface area contributed by atoms with Gasteiger partial charge in [-0.3, -0.25) is 4.79 Å². The Hall–Kier alpha value is -2.09. The number of ether oxygens (including phenoxy) is 2. The maximum Gasteiger partial charge on any atom is 0.244 e. The zero-order chi connectivity index (χ0) is 20.7. The van der Waals surface area contributed by atoms with Crippen LogP contribution in [0.2, 0.25) is 0 Å². The summed E-state index contributed by atoms with van der Waals surface area (Å²) in [5, 5.41) is 4.07. The molecule has 28 heavy (non-hydrogen) atoms. The van der Waals surface area contributed by atoms with Gasteiger partial charge in [-0.1, -0.05) is 45.0 Å². The van der Waals surface area contributed by atoms with E-state index < -0.39 is 0 Å². The number of carbonyl (C=O) groups is 1. The summed E-state index contributed by atoms with van der Waals surface area (Å²) in [7, 11) is 1.61. The van der Waals surface area contributed by atoms with Crippen LogP contribution in [0.5, 0.6) is 11.5 Å². The lowest BCUT2D eigenvalue weighted by molar-refractivity contribution is -0.120. The van der Waals surface area contributed by atoms with Crippen LogP contribution in [0.15, 0.2) is 41.5 Å². The van der Waals surface area contributed by atoms with Gasteiger partial charge in [0, 0.05) is 0 Å². The zero-order valence-electron chi connectivity index (χ0n) is 17.0. The van der Waals surface area contributed by atoms with Gasteiger partial charge >= 0.3 is 0 Å². The van der Waals surface area contributed by atoms with E-state index in [1.54, 1.807) is 13.3 Å². The van der Waals surface area contributed by atoms with Gasteiger partial charge in [-0.05, 0) is 63.8 Å². The first-order valence-electron chi connectivity index (χ1n) is 9.16. The number of nitrogens with zero attached hydrogens (tertiary/aromatic N) is 1. The first kappa shape index (κ1) is 22.2. The molecular formula is C22H27IN2O3. The van der Waals surface area contributed by atoms with E-state index in [0.717, 1.165) is 14.7 Å². The van der Waals surface area contributed by atoms with Gasteiger partial charge in [-0.15, -0.1) is 0 Å². The van der Waals surface area contributed by atoms with Gasteiger partial charge in [-0.25, -0.2) is 5.43 Å². The summed E-state index contributed by atoms with van der Waals surface area (Å²) in [6.07, 6.45) is 1.89. The van der Waals surface area contributed by atoms with Crippen molar-refractivity contribution in [3.8, 4) is 11.5 Å². The van der Waals surface area contributed by atoms with E-state index >= 15 is 0 Å². The molecule has 0 bridgehead atoms. The smallest absolute Gasteiger partial charge is 0.244 e. The van der Waals surface area contributed by atoms with Crippen LogP contribution in [-0.2, 0) is 16.6 Å². The molecule has 0 spiro atoms. The molecule has 0 aliphatic carbocycles. The standard InChI is InChI=1S/C22H27IN2O3/c1-6-28-19-12-16(11-18(23)21(19)27-5)14-24-25-20(26)13-15-7-9-17(10-8-15)22(2,3)4/h7-12,14H,6,13H2,1-5H3,(H,25,26)/b24-14-. The quantitative estimate of drug-likeness (QED) is 0.345. The van der Waals surface area contributed by atoms with Gasteiger partial charge in [0.15, 0.2) is 11.5 Å². The van der Waals surface area contributed by atoms with Crippen molar-refractivity contribution < 1.29 is 14.3 Å². The van der Waals surface area contributed by atoms with Crippen LogP contribution in [0.4, 0.5) is 0 Å². The number of methoxy groups -OCH3 is 1. The normalized spacial score (nSPS) is 11.5. The second kappa shape index (κ2) is 9.91. The summed E-state index contributed by atoms with van der Waals surface area (Å²) < 4.78 is 11.9. The second-order valence-corrected chi connectivity index (χ2v) is 8.55. The molecule has 0 radical (unpaired) electrons. The van der Waals surface area contributed by atoms with Crippen molar-refractivity contribution in [1.82, 2.24) is 5.43 Å². The topological polar surface area (TPSA) is 59.9 Å². The Morgan fingerprint density at radius 1 is 1.21 bits per heavy atom. The SMILES string of the molecule is CCOc1cc(/C=N\NC(=O)Cc2ccc(C(C)(C)C)cc2)cc(I)c1OC. The van der Waals surface area contributed by atoms with E-state index in [9.17, 15) is 4.79 Å². The Morgan fingerprint density at radius 2 is 1.89 bits per heavy atom. The van der Waals surface area contributed by atoms with Gasteiger partial charge in [0.25, 0.3) is 0 Å². The maximum absolute atomic E-state index is 12.2. The highest BCUT2D eigenvalue weighted by Crippen LogP contribution is 2.33. The highest BCUT2D eigenvalue weighted by Gasteiger charge is 2.13. The molecule has 0 heterocycles. The number of rotatable bonds is 7. The molecule has 0 unspecified atom stereocenters. The fourth-order valence-electron chi connectivity index (χ4n) is 2.65. The van der Waals surface area contributed by atoms with Crippen LogP contribution in [0.25, 0.3) is 0 Å². The number of benzene rings is 2. The average molecular weight is 494 g/mol. The Labute approximate surface area is 180 Å². The van der Waals surface area contributed by atoms with E-state index in [1.165, 1.54) is 5.56 Å². The summed E-state index contributed by atoms with van der Waals surface area (Å²) in [6.45, 7) is 8.96. The van der Waals surface area contributed by atoms with Gasteiger partial charge in [0.05, 0.1) is 29.9 Å². The van der Waals surface area contributed by atoms with Crippen molar-refractivity contribution in [3.63, 3.8) is 0 Å². The number of hydrazone groups is 1. The summed E-state index contributed by atoms with van der Waals surface area (Å²) in [5.74, 6) is 1.19. The van der Waals surface area contributed by atoms with Crippen molar-refractivity contribution in [3.05, 3.63) is 56.7 Å². The number of nitrogens with one attached hydrogen (secondary N) is 1. The molecular weight excluding hydrogens is 467 g/mol. The van der Waals surface area contributed by atoms with E-state index in [0.29, 0.717) is 18.1 Å². The highest BCUT2D eigenvalue weighted by atomic mass is 127. The zero-order valence-corrected chi connectivity index (χ0v) is 19.2. The molecule has 6 heteroatoms. The van der Waals surface area contributed by atoms with Gasteiger partial charge < -0.3 is 9.47 Å². The van der Waals surface area contributed by atoms with Gasteiger partial charge in [0.2, 0.25) is 5.91 Å². The first-order valence-corrected chi connectivity index (χ1v) is 10.2. The molecule has 0 atom stereocenters. The molecule has 2 rings (SSSR count). The minimum Gasteiger partial charge on any atom is -0.492 e. The lowest BCUT2D eigenvalue weighted by atomic mass is 9.86. The van der Waals surface area contributed by atoms with Gasteiger partial charge in [-0.2, -0.15) is 5.10 Å². The van der Waals surface area contributed by atoms with Gasteiger partial charge in [0.1, 0.15) is 0 Å². The fourth-order valence-corrected chi connectivity index (χ4v) is 3.50. The fraction of sp³-hybridized carbons (Fsp3) is 0.364. The molecule has 0 aliphatic rings. The first-order chi connectivity index (χ1) is 13.2. The summed E-state index contributed by atoms with van der Waals surface area (Å²) in [6, 6.07) is 11.9. The summed E-state index contributed by atoms with van der Waals surface area (Å²) >= 11 is 2.19. The van der Waals surface area contributed by atoms with Crippen LogP contribution in [0, 0.1) is 3.57 Å². The third kappa shape index (κ3) is 6.22. The predicted molar refractivity (Wildman–Crippen MR) is 121 cm³/mol. The lowest BCUT2D eigenvalue weighted by Crippen LogP contribution is -2.20. The monoisotopic (exact) mass is 494 g/mol. The van der Waals surface area contributed by atoms with Crippen molar-refractivity contribution in [2.24, 2.45) is 5.10 Å². The molecule has 0 saturated heterocycles. The van der Waals surface area contributed by atoms with E-state index in [2.05, 4.69) is 66.0 Å². The Balaban J connectivity index is 1.99. The third-order valence-corrected chi connectivity index (χ3v) is 4.92. The second-order valence-electron chi connectivity index (χ2n) is 7.38. The van der Waals surface area contributed by atoms with Crippen molar-refractivity contribution in [1.29, 1.82) is 0 Å². The third-order valence-electron chi connectivity index (χ3n) is 4.12. The molecule has 0 aliphatic heterocycles. The summed E-state index contributed by atoms with van der Waals surface area (Å²) in [4.78, 5) is 12.2. The largest absolute Gasteiger partial charge is 0.492 e. The average Bonchev–Trinajstić information content (AvgIpc) is 2.61. The maximum atomic E-state index is 12.2. The van der Waals surface area contributed by atoms with E-state index in [-0.39, 0.29) is 17.7 Å². The molecule has 2 aromatic carbocycles. The molecule has 2 aromatic rings. The Morgan fingerprint density at radius 3 is 2.46 bits per heavy atom. The number of hydrogen-bond donors (Lipinski definition) is 1. The Kier molecular flexibility index (Phi) is 7.86. The van der Waals surface area contributed by atoms with Crippen LogP contribution >= 0.6 is 22.6 Å². The molecule has 0 fully saturated rings. The molecule has 1 amide bonds. The van der Waals surface area contributed by atoms with Crippen LogP contribution in [0.3, 0.4) is 0 Å². The molecule has 0 aromatic heterocycles.